The molecule has 2 rings (SSSR count). The second-order valence-electron chi connectivity index (χ2n) is 4.90. The van der Waals surface area contributed by atoms with Crippen molar-refractivity contribution in [2.45, 2.75) is 20.3 Å². The monoisotopic (exact) mass is 287 g/mol. The largest absolute Gasteiger partial charge is 0.493 e. The number of ether oxygens (including phenoxy) is 1. The summed E-state index contributed by atoms with van der Waals surface area (Å²) in [4.78, 5) is 11.8. The summed E-state index contributed by atoms with van der Waals surface area (Å²) in [7, 11) is 0. The van der Waals surface area contributed by atoms with Gasteiger partial charge in [0.05, 0.1) is 13.0 Å². The van der Waals surface area contributed by atoms with Gasteiger partial charge in [0.25, 0.3) is 0 Å². The van der Waals surface area contributed by atoms with E-state index in [1.165, 1.54) is 29.8 Å². The topological polar surface area (TPSA) is 38.3 Å². The van der Waals surface area contributed by atoms with Gasteiger partial charge < -0.3 is 10.1 Å². The minimum Gasteiger partial charge on any atom is -0.493 e. The molecule has 110 valence electrons. The van der Waals surface area contributed by atoms with Gasteiger partial charge >= 0.3 is 0 Å². The van der Waals surface area contributed by atoms with Crippen molar-refractivity contribution in [2.24, 2.45) is 0 Å². The number of carbonyl (C=O) groups excluding carboxylic acids is 1. The standard InChI is InChI=1S/C17H18FNO2/c1-12-3-6-15(11-13(12)2)19-17(20)9-10-21-16-7-4-14(18)5-8-16/h3-8,11H,9-10H2,1-2H3,(H,19,20). The fourth-order valence-electron chi connectivity index (χ4n) is 1.84. The Hall–Kier alpha value is -2.36. The van der Waals surface area contributed by atoms with Crippen LogP contribution in [0, 0.1) is 19.7 Å². The summed E-state index contributed by atoms with van der Waals surface area (Å²) in [5.74, 6) is 0.130. The maximum atomic E-state index is 12.7. The molecule has 21 heavy (non-hydrogen) atoms. The van der Waals surface area contributed by atoms with Crippen molar-refractivity contribution in [1.82, 2.24) is 0 Å². The zero-order valence-corrected chi connectivity index (χ0v) is 12.2. The fourth-order valence-corrected chi connectivity index (χ4v) is 1.84. The fraction of sp³-hybridized carbons (Fsp3) is 0.235. The highest BCUT2D eigenvalue weighted by molar-refractivity contribution is 5.90. The summed E-state index contributed by atoms with van der Waals surface area (Å²) in [6, 6.07) is 11.5. The first kappa shape index (κ1) is 15.0. The Kier molecular flexibility index (Phi) is 4.93. The summed E-state index contributed by atoms with van der Waals surface area (Å²) in [5.41, 5.74) is 3.10. The SMILES string of the molecule is Cc1ccc(NC(=O)CCOc2ccc(F)cc2)cc1C. The maximum Gasteiger partial charge on any atom is 0.227 e. The number of anilines is 1. The van der Waals surface area contributed by atoms with Crippen LogP contribution in [0.2, 0.25) is 0 Å². The molecule has 0 radical (unpaired) electrons. The van der Waals surface area contributed by atoms with E-state index < -0.39 is 0 Å². The van der Waals surface area contributed by atoms with Crippen LogP contribution in [0.25, 0.3) is 0 Å². The lowest BCUT2D eigenvalue weighted by Gasteiger charge is -2.09. The lowest BCUT2D eigenvalue weighted by Crippen LogP contribution is -2.15. The number of carbonyl (C=O) groups is 1. The van der Waals surface area contributed by atoms with Crippen LogP contribution < -0.4 is 10.1 Å². The molecule has 0 aliphatic rings. The lowest BCUT2D eigenvalue weighted by atomic mass is 10.1. The number of aryl methyl sites for hydroxylation is 2. The zero-order chi connectivity index (χ0) is 15.2. The van der Waals surface area contributed by atoms with E-state index >= 15 is 0 Å². The van der Waals surface area contributed by atoms with Crippen LogP contribution in [-0.4, -0.2) is 12.5 Å². The molecule has 0 spiro atoms. The maximum absolute atomic E-state index is 12.7. The van der Waals surface area contributed by atoms with Crippen molar-refractivity contribution in [3.05, 3.63) is 59.4 Å². The molecule has 3 nitrogen and oxygen atoms in total. The van der Waals surface area contributed by atoms with Gasteiger partial charge in [0.2, 0.25) is 5.91 Å². The average molecular weight is 287 g/mol. The van der Waals surface area contributed by atoms with Gasteiger partial charge in [-0.3, -0.25) is 4.79 Å². The minimum atomic E-state index is -0.310. The second-order valence-corrected chi connectivity index (χ2v) is 4.90. The molecule has 2 aromatic rings. The molecule has 0 aromatic heterocycles. The molecule has 0 atom stereocenters. The number of halogens is 1. The molecule has 0 saturated carbocycles. The highest BCUT2D eigenvalue weighted by Crippen LogP contribution is 2.15. The van der Waals surface area contributed by atoms with E-state index in [9.17, 15) is 9.18 Å². The first-order valence-electron chi connectivity index (χ1n) is 6.80. The third kappa shape index (κ3) is 4.60. The molecule has 1 N–H and O–H groups in total. The Morgan fingerprint density at radius 3 is 2.48 bits per heavy atom. The number of hydrogen-bond acceptors (Lipinski definition) is 2. The predicted octanol–water partition coefficient (Wildman–Crippen LogP) is 3.85. The first-order valence-corrected chi connectivity index (χ1v) is 6.80. The highest BCUT2D eigenvalue weighted by Gasteiger charge is 2.04. The van der Waals surface area contributed by atoms with Crippen molar-refractivity contribution in [3.8, 4) is 5.75 Å². The molecule has 0 unspecified atom stereocenters. The lowest BCUT2D eigenvalue weighted by molar-refractivity contribution is -0.116. The summed E-state index contributed by atoms with van der Waals surface area (Å²) < 4.78 is 18.1. The smallest absolute Gasteiger partial charge is 0.227 e. The van der Waals surface area contributed by atoms with Gasteiger partial charge in [-0.2, -0.15) is 0 Å². The van der Waals surface area contributed by atoms with Crippen molar-refractivity contribution < 1.29 is 13.9 Å². The molecular formula is C17H18FNO2. The first-order chi connectivity index (χ1) is 10.0. The number of nitrogens with one attached hydrogen (secondary N) is 1. The van der Waals surface area contributed by atoms with Gasteiger partial charge in [0, 0.05) is 5.69 Å². The molecule has 0 aliphatic heterocycles. The van der Waals surface area contributed by atoms with Crippen molar-refractivity contribution in [1.29, 1.82) is 0 Å². The molecule has 2 aromatic carbocycles. The number of amides is 1. The van der Waals surface area contributed by atoms with Crippen LogP contribution in [-0.2, 0) is 4.79 Å². The van der Waals surface area contributed by atoms with E-state index in [1.54, 1.807) is 0 Å². The van der Waals surface area contributed by atoms with E-state index in [-0.39, 0.29) is 24.8 Å². The van der Waals surface area contributed by atoms with Crippen molar-refractivity contribution in [3.63, 3.8) is 0 Å². The van der Waals surface area contributed by atoms with E-state index in [2.05, 4.69) is 5.32 Å². The Morgan fingerprint density at radius 1 is 1.10 bits per heavy atom. The average Bonchev–Trinajstić information content (AvgIpc) is 2.45. The van der Waals surface area contributed by atoms with Crippen LogP contribution >= 0.6 is 0 Å². The van der Waals surface area contributed by atoms with Gasteiger partial charge in [-0.1, -0.05) is 6.07 Å². The van der Waals surface area contributed by atoms with Gasteiger partial charge in [0.15, 0.2) is 0 Å². The third-order valence-electron chi connectivity index (χ3n) is 3.20. The molecule has 0 bridgehead atoms. The second kappa shape index (κ2) is 6.88. The number of hydrogen-bond donors (Lipinski definition) is 1. The quantitative estimate of drug-likeness (QED) is 0.907. The minimum absolute atomic E-state index is 0.111. The molecule has 0 heterocycles. The predicted molar refractivity (Wildman–Crippen MR) is 81.1 cm³/mol. The normalized spacial score (nSPS) is 10.2. The highest BCUT2D eigenvalue weighted by atomic mass is 19.1. The summed E-state index contributed by atoms with van der Waals surface area (Å²) in [6.07, 6.45) is 0.240. The van der Waals surface area contributed by atoms with Gasteiger partial charge in [0.1, 0.15) is 11.6 Å². The summed E-state index contributed by atoms with van der Waals surface area (Å²) in [5, 5.41) is 2.83. The van der Waals surface area contributed by atoms with E-state index in [4.69, 9.17) is 4.74 Å². The van der Waals surface area contributed by atoms with E-state index in [0.29, 0.717) is 5.75 Å². The Bertz CT molecular complexity index is 623. The van der Waals surface area contributed by atoms with E-state index in [1.807, 2.05) is 32.0 Å². The van der Waals surface area contributed by atoms with Crippen LogP contribution in [0.4, 0.5) is 10.1 Å². The molecule has 0 aliphatic carbocycles. The molecule has 0 saturated heterocycles. The molecular weight excluding hydrogens is 269 g/mol. The molecule has 1 amide bonds. The van der Waals surface area contributed by atoms with Gasteiger partial charge in [-0.25, -0.2) is 4.39 Å². The van der Waals surface area contributed by atoms with Crippen LogP contribution in [0.3, 0.4) is 0 Å². The van der Waals surface area contributed by atoms with Crippen LogP contribution in [0.15, 0.2) is 42.5 Å². The van der Waals surface area contributed by atoms with Crippen LogP contribution in [0.1, 0.15) is 17.5 Å². The Morgan fingerprint density at radius 2 is 1.81 bits per heavy atom. The summed E-state index contributed by atoms with van der Waals surface area (Å²) in [6.45, 7) is 4.28. The van der Waals surface area contributed by atoms with Crippen molar-refractivity contribution >= 4 is 11.6 Å². The Balaban J connectivity index is 1.79. The molecule has 0 fully saturated rings. The zero-order valence-electron chi connectivity index (χ0n) is 12.2. The number of rotatable bonds is 5. The number of benzene rings is 2. The van der Waals surface area contributed by atoms with Gasteiger partial charge in [-0.15, -0.1) is 0 Å². The van der Waals surface area contributed by atoms with Gasteiger partial charge in [-0.05, 0) is 61.4 Å². The Labute approximate surface area is 123 Å². The molecule has 4 heteroatoms. The van der Waals surface area contributed by atoms with Crippen molar-refractivity contribution in [2.75, 3.05) is 11.9 Å². The van der Waals surface area contributed by atoms with E-state index in [0.717, 1.165) is 11.3 Å². The third-order valence-corrected chi connectivity index (χ3v) is 3.20. The summed E-state index contributed by atoms with van der Waals surface area (Å²) >= 11 is 0. The van der Waals surface area contributed by atoms with Crippen LogP contribution in [0.5, 0.6) is 5.75 Å².